The molecule has 5 nitrogen and oxygen atoms in total. The number of hydrogen-bond donors (Lipinski definition) is 2. The van der Waals surface area contributed by atoms with E-state index in [0.717, 1.165) is 0 Å². The number of nitrogens with one attached hydrogen (secondary N) is 1. The van der Waals surface area contributed by atoms with Crippen molar-refractivity contribution in [3.8, 4) is 5.75 Å². The summed E-state index contributed by atoms with van der Waals surface area (Å²) in [5, 5.41) is 12.5. The maximum Gasteiger partial charge on any atom is 0.341 e. The van der Waals surface area contributed by atoms with Gasteiger partial charge in [-0.25, -0.2) is 4.79 Å². The highest BCUT2D eigenvalue weighted by molar-refractivity contribution is 6.42. The SMILES string of the molecule is O=C(O)COc1cc(Cl)ccc1NC(=O)Cc1ccc(Cl)c(Cl)c1. The minimum atomic E-state index is -1.14. The average Bonchev–Trinajstić information content (AvgIpc) is 2.51. The predicted octanol–water partition coefficient (Wildman–Crippen LogP) is 4.29. The minimum Gasteiger partial charge on any atom is -0.480 e. The van der Waals surface area contributed by atoms with E-state index in [-0.39, 0.29) is 18.1 Å². The van der Waals surface area contributed by atoms with Crippen LogP contribution in [0.3, 0.4) is 0 Å². The summed E-state index contributed by atoms with van der Waals surface area (Å²) in [5.74, 6) is -1.29. The van der Waals surface area contributed by atoms with Gasteiger partial charge >= 0.3 is 5.97 Å². The van der Waals surface area contributed by atoms with Crippen LogP contribution >= 0.6 is 34.8 Å². The van der Waals surface area contributed by atoms with Crippen LogP contribution in [-0.4, -0.2) is 23.6 Å². The third kappa shape index (κ3) is 5.30. The fraction of sp³-hybridized carbons (Fsp3) is 0.125. The molecule has 0 atom stereocenters. The van der Waals surface area contributed by atoms with Crippen LogP contribution in [0.1, 0.15) is 5.56 Å². The van der Waals surface area contributed by atoms with Gasteiger partial charge in [-0.15, -0.1) is 0 Å². The van der Waals surface area contributed by atoms with Crippen molar-refractivity contribution in [1.82, 2.24) is 0 Å². The Morgan fingerprint density at radius 1 is 1.04 bits per heavy atom. The summed E-state index contributed by atoms with van der Waals surface area (Å²) in [4.78, 5) is 22.8. The maximum absolute atomic E-state index is 12.2. The van der Waals surface area contributed by atoms with Crippen molar-refractivity contribution in [1.29, 1.82) is 0 Å². The largest absolute Gasteiger partial charge is 0.480 e. The van der Waals surface area contributed by atoms with E-state index in [4.69, 9.17) is 44.6 Å². The minimum absolute atomic E-state index is 0.0673. The Kier molecular flexibility index (Phi) is 6.31. The van der Waals surface area contributed by atoms with Gasteiger partial charge in [0.1, 0.15) is 5.75 Å². The highest BCUT2D eigenvalue weighted by Crippen LogP contribution is 2.28. The number of carbonyl (C=O) groups is 2. The Morgan fingerprint density at radius 3 is 2.46 bits per heavy atom. The fourth-order valence-corrected chi connectivity index (χ4v) is 2.37. The van der Waals surface area contributed by atoms with Crippen molar-refractivity contribution < 1.29 is 19.4 Å². The van der Waals surface area contributed by atoms with Crippen molar-refractivity contribution in [2.24, 2.45) is 0 Å². The van der Waals surface area contributed by atoms with Gasteiger partial charge in [0.2, 0.25) is 5.91 Å². The Balaban J connectivity index is 2.10. The van der Waals surface area contributed by atoms with Crippen LogP contribution in [0.5, 0.6) is 5.75 Å². The molecule has 1 amide bonds. The number of carbonyl (C=O) groups excluding carboxylic acids is 1. The van der Waals surface area contributed by atoms with E-state index in [2.05, 4.69) is 5.32 Å². The molecule has 2 aromatic carbocycles. The summed E-state index contributed by atoms with van der Waals surface area (Å²) in [6.45, 7) is -0.546. The van der Waals surface area contributed by atoms with Gasteiger partial charge in [-0.1, -0.05) is 40.9 Å². The van der Waals surface area contributed by atoms with Gasteiger partial charge in [0.25, 0.3) is 0 Å². The Hall–Kier alpha value is -1.95. The van der Waals surface area contributed by atoms with Gasteiger partial charge in [0, 0.05) is 11.1 Å². The average molecular weight is 389 g/mol. The van der Waals surface area contributed by atoms with Crippen LogP contribution in [0.4, 0.5) is 5.69 Å². The molecule has 126 valence electrons. The van der Waals surface area contributed by atoms with E-state index in [9.17, 15) is 9.59 Å². The van der Waals surface area contributed by atoms with Crippen LogP contribution in [0.15, 0.2) is 36.4 Å². The van der Waals surface area contributed by atoms with E-state index >= 15 is 0 Å². The Morgan fingerprint density at radius 2 is 1.79 bits per heavy atom. The summed E-state index contributed by atoms with van der Waals surface area (Å²) in [5.41, 5.74) is 1.01. The number of rotatable bonds is 6. The number of amides is 1. The number of carboxylic acids is 1. The molecule has 0 saturated heterocycles. The standard InChI is InChI=1S/C16H12Cl3NO4/c17-10-2-4-13(14(7-10)24-8-16(22)23)20-15(21)6-9-1-3-11(18)12(19)5-9/h1-5,7H,6,8H2,(H,20,21)(H,22,23). The molecule has 2 N–H and O–H groups in total. The summed E-state index contributed by atoms with van der Waals surface area (Å²) < 4.78 is 5.13. The second kappa shape index (κ2) is 8.24. The monoisotopic (exact) mass is 387 g/mol. The van der Waals surface area contributed by atoms with Gasteiger partial charge in [-0.3, -0.25) is 4.79 Å². The lowest BCUT2D eigenvalue weighted by Crippen LogP contribution is -2.16. The molecular weight excluding hydrogens is 377 g/mol. The molecule has 0 unspecified atom stereocenters. The summed E-state index contributed by atoms with van der Waals surface area (Å²) >= 11 is 17.6. The molecule has 0 aromatic heterocycles. The van der Waals surface area contributed by atoms with E-state index in [1.807, 2.05) is 0 Å². The van der Waals surface area contributed by atoms with Crippen LogP contribution in [-0.2, 0) is 16.0 Å². The van der Waals surface area contributed by atoms with Crippen LogP contribution in [0, 0.1) is 0 Å². The molecule has 0 aliphatic carbocycles. The molecule has 0 aliphatic rings. The zero-order valence-electron chi connectivity index (χ0n) is 12.2. The van der Waals surface area contributed by atoms with Gasteiger partial charge in [-0.05, 0) is 29.8 Å². The highest BCUT2D eigenvalue weighted by atomic mass is 35.5. The van der Waals surface area contributed by atoms with E-state index in [1.165, 1.54) is 12.1 Å². The van der Waals surface area contributed by atoms with Gasteiger partial charge in [0.15, 0.2) is 6.61 Å². The summed E-state index contributed by atoms with van der Waals surface area (Å²) in [6.07, 6.45) is 0.0673. The molecule has 2 rings (SSSR count). The highest BCUT2D eigenvalue weighted by Gasteiger charge is 2.11. The van der Waals surface area contributed by atoms with Crippen molar-refractivity contribution in [3.63, 3.8) is 0 Å². The second-order valence-electron chi connectivity index (χ2n) is 4.80. The fourth-order valence-electron chi connectivity index (χ4n) is 1.89. The molecule has 0 heterocycles. The number of halogens is 3. The third-order valence-corrected chi connectivity index (χ3v) is 3.89. The van der Waals surface area contributed by atoms with Crippen LogP contribution < -0.4 is 10.1 Å². The normalized spacial score (nSPS) is 10.3. The van der Waals surface area contributed by atoms with E-state index in [0.29, 0.717) is 26.3 Å². The molecule has 24 heavy (non-hydrogen) atoms. The van der Waals surface area contributed by atoms with Crippen molar-refractivity contribution in [2.75, 3.05) is 11.9 Å². The molecule has 2 aromatic rings. The van der Waals surface area contributed by atoms with Crippen molar-refractivity contribution in [2.45, 2.75) is 6.42 Å². The number of hydrogen-bond acceptors (Lipinski definition) is 3. The number of anilines is 1. The molecule has 0 fully saturated rings. The lowest BCUT2D eigenvalue weighted by Gasteiger charge is -2.12. The molecule has 0 spiro atoms. The van der Waals surface area contributed by atoms with Gasteiger partial charge in [0.05, 0.1) is 22.2 Å². The molecule has 0 saturated carbocycles. The molecular formula is C16H12Cl3NO4. The van der Waals surface area contributed by atoms with Crippen molar-refractivity contribution >= 4 is 52.4 Å². The van der Waals surface area contributed by atoms with Crippen LogP contribution in [0.2, 0.25) is 15.1 Å². The lowest BCUT2D eigenvalue weighted by molar-refractivity contribution is -0.139. The predicted molar refractivity (Wildman–Crippen MR) is 93.4 cm³/mol. The second-order valence-corrected chi connectivity index (χ2v) is 6.05. The topological polar surface area (TPSA) is 75.6 Å². The zero-order valence-corrected chi connectivity index (χ0v) is 14.5. The number of benzene rings is 2. The molecule has 0 aliphatic heterocycles. The van der Waals surface area contributed by atoms with Gasteiger partial charge in [-0.2, -0.15) is 0 Å². The first-order chi connectivity index (χ1) is 11.3. The molecule has 0 bridgehead atoms. The smallest absolute Gasteiger partial charge is 0.341 e. The number of ether oxygens (including phenoxy) is 1. The first-order valence-electron chi connectivity index (χ1n) is 6.73. The van der Waals surface area contributed by atoms with Gasteiger partial charge < -0.3 is 15.2 Å². The van der Waals surface area contributed by atoms with Crippen LogP contribution in [0.25, 0.3) is 0 Å². The maximum atomic E-state index is 12.2. The van der Waals surface area contributed by atoms with Crippen molar-refractivity contribution in [3.05, 3.63) is 57.0 Å². The first kappa shape index (κ1) is 18.4. The first-order valence-corrected chi connectivity index (χ1v) is 7.86. The lowest BCUT2D eigenvalue weighted by atomic mass is 10.1. The Bertz CT molecular complexity index is 780. The number of aliphatic carboxylic acids is 1. The molecule has 0 radical (unpaired) electrons. The zero-order chi connectivity index (χ0) is 17.7. The summed E-state index contributed by atoms with van der Waals surface area (Å²) in [7, 11) is 0. The quantitative estimate of drug-likeness (QED) is 0.774. The Labute approximate surface area is 153 Å². The van der Waals surface area contributed by atoms with E-state index in [1.54, 1.807) is 24.3 Å². The summed E-state index contributed by atoms with van der Waals surface area (Å²) in [6, 6.07) is 9.43. The number of carboxylic acid groups (broad SMARTS) is 1. The molecule has 8 heteroatoms. The third-order valence-electron chi connectivity index (χ3n) is 2.92. The van der Waals surface area contributed by atoms with E-state index < -0.39 is 12.6 Å².